The summed E-state index contributed by atoms with van der Waals surface area (Å²) in [5.41, 5.74) is 17.3. The lowest BCUT2D eigenvalue weighted by Crippen LogP contribution is -2.07. The third-order valence-electron chi connectivity index (χ3n) is 7.11. The summed E-state index contributed by atoms with van der Waals surface area (Å²) in [4.78, 5) is 15.1. The van der Waals surface area contributed by atoms with Gasteiger partial charge >= 0.3 is 0 Å². The molecule has 3 rings (SSSR count). The first-order valence-electron chi connectivity index (χ1n) is 10.3. The van der Waals surface area contributed by atoms with Crippen LogP contribution in [-0.4, -0.2) is 15.0 Å². The SMILES string of the molecule is Cc1nc(-c2nc(-c3nc(C)c(C)c(C)c3C)c(C)c(C)c2C)c(C)c(C)c1C. The maximum absolute atomic E-state index is 5.19. The molecule has 0 aliphatic heterocycles. The van der Waals surface area contributed by atoms with E-state index in [4.69, 9.17) is 15.0 Å². The molecule has 3 heterocycles. The highest BCUT2D eigenvalue weighted by molar-refractivity contribution is 5.74. The summed E-state index contributed by atoms with van der Waals surface area (Å²) in [6, 6.07) is 0. The van der Waals surface area contributed by atoms with E-state index in [1.54, 1.807) is 0 Å². The minimum Gasteiger partial charge on any atom is -0.251 e. The zero-order valence-electron chi connectivity index (χ0n) is 19.8. The van der Waals surface area contributed by atoms with Gasteiger partial charge in [-0.05, 0) is 126 Å². The molecule has 0 aromatic carbocycles. The van der Waals surface area contributed by atoms with Crippen LogP contribution in [0.2, 0.25) is 0 Å². The number of aromatic nitrogens is 3. The fraction of sp³-hybridized carbons (Fsp3) is 0.423. The van der Waals surface area contributed by atoms with Gasteiger partial charge in [-0.25, -0.2) is 4.98 Å². The standard InChI is InChI=1S/C26H33N3/c1-12-15(4)21(10)27-23(17(12)6)25-19(8)14(3)20(9)26(29-25)24-18(7)13(2)16(5)22(11)28-24/h1-11H3. The van der Waals surface area contributed by atoms with Gasteiger partial charge in [0.05, 0.1) is 22.8 Å². The topological polar surface area (TPSA) is 38.7 Å². The Morgan fingerprint density at radius 1 is 0.276 bits per heavy atom. The van der Waals surface area contributed by atoms with Gasteiger partial charge in [0.25, 0.3) is 0 Å². The highest BCUT2D eigenvalue weighted by atomic mass is 14.8. The molecule has 0 amide bonds. The molecule has 3 aromatic rings. The second kappa shape index (κ2) is 7.37. The zero-order valence-corrected chi connectivity index (χ0v) is 19.8. The van der Waals surface area contributed by atoms with Crippen LogP contribution in [-0.2, 0) is 0 Å². The average Bonchev–Trinajstić information content (AvgIpc) is 2.69. The first-order chi connectivity index (χ1) is 13.5. The molecule has 3 heteroatoms. The van der Waals surface area contributed by atoms with E-state index < -0.39 is 0 Å². The van der Waals surface area contributed by atoms with Crippen molar-refractivity contribution in [3.8, 4) is 22.8 Å². The van der Waals surface area contributed by atoms with E-state index in [0.717, 1.165) is 34.2 Å². The van der Waals surface area contributed by atoms with E-state index in [9.17, 15) is 0 Å². The number of hydrogen-bond acceptors (Lipinski definition) is 3. The molecule has 0 spiro atoms. The summed E-state index contributed by atoms with van der Waals surface area (Å²) in [5, 5.41) is 0. The van der Waals surface area contributed by atoms with Crippen LogP contribution in [0.5, 0.6) is 0 Å². The first kappa shape index (κ1) is 21.2. The minimum atomic E-state index is 0.976. The third kappa shape index (κ3) is 3.27. The second-order valence-corrected chi connectivity index (χ2v) is 8.53. The summed E-state index contributed by atoms with van der Waals surface area (Å²) in [6.07, 6.45) is 0. The van der Waals surface area contributed by atoms with E-state index in [-0.39, 0.29) is 0 Å². The summed E-state index contributed by atoms with van der Waals surface area (Å²) in [5.74, 6) is 0. The Labute approximate surface area is 175 Å². The van der Waals surface area contributed by atoms with Crippen molar-refractivity contribution in [2.45, 2.75) is 76.2 Å². The summed E-state index contributed by atoms with van der Waals surface area (Å²) in [7, 11) is 0. The van der Waals surface area contributed by atoms with Crippen molar-refractivity contribution >= 4 is 0 Å². The van der Waals surface area contributed by atoms with Crippen molar-refractivity contribution < 1.29 is 0 Å². The number of pyridine rings is 3. The van der Waals surface area contributed by atoms with Crippen LogP contribution < -0.4 is 0 Å². The van der Waals surface area contributed by atoms with Crippen LogP contribution in [0.1, 0.15) is 61.5 Å². The van der Waals surface area contributed by atoms with E-state index in [2.05, 4.69) is 76.2 Å². The molecule has 0 radical (unpaired) electrons. The van der Waals surface area contributed by atoms with Crippen LogP contribution >= 0.6 is 0 Å². The van der Waals surface area contributed by atoms with E-state index in [0.29, 0.717) is 0 Å². The van der Waals surface area contributed by atoms with Gasteiger partial charge in [-0.3, -0.25) is 9.97 Å². The molecule has 29 heavy (non-hydrogen) atoms. The highest BCUT2D eigenvalue weighted by Gasteiger charge is 2.21. The Hall–Kier alpha value is -2.55. The zero-order chi connectivity index (χ0) is 21.8. The van der Waals surface area contributed by atoms with Crippen molar-refractivity contribution in [1.82, 2.24) is 15.0 Å². The minimum absolute atomic E-state index is 0.976. The van der Waals surface area contributed by atoms with Gasteiger partial charge in [0, 0.05) is 11.4 Å². The van der Waals surface area contributed by atoms with Gasteiger partial charge in [-0.15, -0.1) is 0 Å². The van der Waals surface area contributed by atoms with Crippen molar-refractivity contribution in [2.24, 2.45) is 0 Å². The second-order valence-electron chi connectivity index (χ2n) is 8.53. The van der Waals surface area contributed by atoms with Crippen LogP contribution in [0, 0.1) is 76.2 Å². The van der Waals surface area contributed by atoms with Crippen LogP contribution in [0.4, 0.5) is 0 Å². The molecule has 0 N–H and O–H groups in total. The largest absolute Gasteiger partial charge is 0.251 e. The lowest BCUT2D eigenvalue weighted by Gasteiger charge is -2.20. The van der Waals surface area contributed by atoms with Gasteiger partial charge < -0.3 is 0 Å². The molecule has 0 aliphatic rings. The summed E-state index contributed by atoms with van der Waals surface area (Å²) in [6.45, 7) is 23.6. The molecular formula is C26H33N3. The van der Waals surface area contributed by atoms with Gasteiger partial charge in [0.1, 0.15) is 0 Å². The van der Waals surface area contributed by atoms with E-state index >= 15 is 0 Å². The molecule has 3 nitrogen and oxygen atoms in total. The van der Waals surface area contributed by atoms with Crippen molar-refractivity contribution in [1.29, 1.82) is 0 Å². The van der Waals surface area contributed by atoms with Gasteiger partial charge in [-0.2, -0.15) is 0 Å². The molecule has 152 valence electrons. The lowest BCUT2D eigenvalue weighted by molar-refractivity contribution is 1.05. The maximum Gasteiger partial charge on any atom is 0.0929 e. The summed E-state index contributed by atoms with van der Waals surface area (Å²) >= 11 is 0. The predicted molar refractivity (Wildman–Crippen MR) is 123 cm³/mol. The Balaban J connectivity index is 2.40. The molecule has 3 aromatic heterocycles. The predicted octanol–water partition coefficient (Wildman–Crippen LogP) is 6.60. The first-order valence-corrected chi connectivity index (χ1v) is 10.3. The smallest absolute Gasteiger partial charge is 0.0929 e. The lowest BCUT2D eigenvalue weighted by atomic mass is 9.93. The average molecular weight is 388 g/mol. The Morgan fingerprint density at radius 3 is 0.828 bits per heavy atom. The molecule has 0 fully saturated rings. The molecule has 0 aliphatic carbocycles. The Bertz CT molecular complexity index is 1070. The fourth-order valence-corrected chi connectivity index (χ4v) is 3.97. The van der Waals surface area contributed by atoms with Crippen LogP contribution in [0.3, 0.4) is 0 Å². The van der Waals surface area contributed by atoms with Gasteiger partial charge in [0.15, 0.2) is 0 Å². The number of rotatable bonds is 2. The molecule has 0 saturated carbocycles. The maximum atomic E-state index is 5.19. The Kier molecular flexibility index (Phi) is 5.38. The molecule has 0 saturated heterocycles. The van der Waals surface area contributed by atoms with Gasteiger partial charge in [0.2, 0.25) is 0 Å². The summed E-state index contributed by atoms with van der Waals surface area (Å²) < 4.78 is 0. The van der Waals surface area contributed by atoms with Crippen molar-refractivity contribution in [3.63, 3.8) is 0 Å². The molecular weight excluding hydrogens is 354 g/mol. The van der Waals surface area contributed by atoms with E-state index in [1.165, 1.54) is 50.1 Å². The third-order valence-corrected chi connectivity index (χ3v) is 7.11. The number of hydrogen-bond donors (Lipinski definition) is 0. The van der Waals surface area contributed by atoms with Crippen LogP contribution in [0.25, 0.3) is 22.8 Å². The quantitative estimate of drug-likeness (QED) is 0.497. The van der Waals surface area contributed by atoms with Crippen molar-refractivity contribution in [2.75, 3.05) is 0 Å². The van der Waals surface area contributed by atoms with E-state index in [1.807, 2.05) is 0 Å². The highest BCUT2D eigenvalue weighted by Crippen LogP contribution is 2.35. The molecule has 0 bridgehead atoms. The number of aryl methyl sites for hydroxylation is 2. The number of nitrogens with zero attached hydrogens (tertiary/aromatic N) is 3. The van der Waals surface area contributed by atoms with Crippen LogP contribution in [0.15, 0.2) is 0 Å². The van der Waals surface area contributed by atoms with Gasteiger partial charge in [-0.1, -0.05) is 0 Å². The van der Waals surface area contributed by atoms with Crippen molar-refractivity contribution in [3.05, 3.63) is 61.5 Å². The fourth-order valence-electron chi connectivity index (χ4n) is 3.97. The monoisotopic (exact) mass is 387 g/mol. The Morgan fingerprint density at radius 2 is 0.517 bits per heavy atom. The molecule has 0 atom stereocenters. The molecule has 0 unspecified atom stereocenters. The normalized spacial score (nSPS) is 11.3.